The molecule has 16 heavy (non-hydrogen) atoms. The monoisotopic (exact) mass is 228 g/mol. The number of hydrogen-bond donors (Lipinski definition) is 1. The highest BCUT2D eigenvalue weighted by molar-refractivity contribution is 5.84. The number of piperidine rings is 1. The molecule has 0 aromatic rings. The van der Waals surface area contributed by atoms with Crippen molar-refractivity contribution < 1.29 is 9.53 Å². The third kappa shape index (κ3) is 3.19. The highest BCUT2D eigenvalue weighted by atomic mass is 16.5. The third-order valence-electron chi connectivity index (χ3n) is 3.41. The lowest BCUT2D eigenvalue weighted by Crippen LogP contribution is -2.50. The van der Waals surface area contributed by atoms with Crippen molar-refractivity contribution in [3.05, 3.63) is 0 Å². The number of nitrogens with two attached hydrogens (primary N) is 1. The van der Waals surface area contributed by atoms with E-state index in [2.05, 4.69) is 0 Å². The topological polar surface area (TPSA) is 55.6 Å². The smallest absolute Gasteiger partial charge is 0.254 e. The van der Waals surface area contributed by atoms with Crippen molar-refractivity contribution in [2.24, 2.45) is 11.7 Å². The second kappa shape index (κ2) is 5.64. The van der Waals surface area contributed by atoms with Crippen LogP contribution in [0.2, 0.25) is 0 Å². The molecular formula is C12H24N2O2. The van der Waals surface area contributed by atoms with Crippen molar-refractivity contribution >= 4 is 5.91 Å². The second-order valence-corrected chi connectivity index (χ2v) is 5.05. The lowest BCUT2D eigenvalue weighted by molar-refractivity contribution is -0.152. The van der Waals surface area contributed by atoms with Crippen LogP contribution in [-0.4, -0.2) is 43.2 Å². The summed E-state index contributed by atoms with van der Waals surface area (Å²) in [5.74, 6) is 0.659. The van der Waals surface area contributed by atoms with Crippen molar-refractivity contribution in [2.75, 3.05) is 26.7 Å². The Morgan fingerprint density at radius 2 is 2.25 bits per heavy atom. The molecule has 94 valence electrons. The van der Waals surface area contributed by atoms with Gasteiger partial charge in [-0.15, -0.1) is 0 Å². The Hall–Kier alpha value is -0.610. The molecule has 2 N–H and O–H groups in total. The standard InChI is InChI=1S/C12H24N2O2/c1-12(2,16-3)11(15)14-8-4-5-10(9-14)6-7-13/h10H,4-9,13H2,1-3H3. The summed E-state index contributed by atoms with van der Waals surface area (Å²) < 4.78 is 5.23. The number of likely N-dealkylation sites (tertiary alicyclic amines) is 1. The Balaban J connectivity index is 2.56. The van der Waals surface area contributed by atoms with Crippen molar-refractivity contribution in [2.45, 2.75) is 38.7 Å². The van der Waals surface area contributed by atoms with E-state index in [1.807, 2.05) is 18.7 Å². The summed E-state index contributed by atoms with van der Waals surface area (Å²) in [6, 6.07) is 0. The van der Waals surface area contributed by atoms with E-state index in [1.165, 1.54) is 6.42 Å². The van der Waals surface area contributed by atoms with E-state index in [-0.39, 0.29) is 5.91 Å². The lowest BCUT2D eigenvalue weighted by Gasteiger charge is -2.37. The maximum absolute atomic E-state index is 12.2. The van der Waals surface area contributed by atoms with Crippen LogP contribution in [0, 0.1) is 5.92 Å². The number of methoxy groups -OCH3 is 1. The second-order valence-electron chi connectivity index (χ2n) is 5.05. The Labute approximate surface area is 98.1 Å². The van der Waals surface area contributed by atoms with E-state index in [9.17, 15) is 4.79 Å². The van der Waals surface area contributed by atoms with Crippen LogP contribution in [0.3, 0.4) is 0 Å². The normalized spacial score (nSPS) is 22.2. The number of carbonyl (C=O) groups excluding carboxylic acids is 1. The largest absolute Gasteiger partial charge is 0.369 e. The van der Waals surface area contributed by atoms with Crippen LogP contribution in [0.15, 0.2) is 0 Å². The Bertz CT molecular complexity index is 239. The average Bonchev–Trinajstić information content (AvgIpc) is 2.29. The van der Waals surface area contributed by atoms with E-state index >= 15 is 0 Å². The molecule has 1 heterocycles. The predicted octanol–water partition coefficient (Wildman–Crippen LogP) is 0.999. The van der Waals surface area contributed by atoms with Crippen LogP contribution >= 0.6 is 0 Å². The van der Waals surface area contributed by atoms with Gasteiger partial charge in [0.25, 0.3) is 5.91 Å². The summed E-state index contributed by atoms with van der Waals surface area (Å²) in [7, 11) is 1.58. The highest BCUT2D eigenvalue weighted by Crippen LogP contribution is 2.22. The molecular weight excluding hydrogens is 204 g/mol. The molecule has 0 radical (unpaired) electrons. The van der Waals surface area contributed by atoms with Gasteiger partial charge in [0.15, 0.2) is 0 Å². The molecule has 0 saturated carbocycles. The van der Waals surface area contributed by atoms with Crippen LogP contribution in [0.4, 0.5) is 0 Å². The quantitative estimate of drug-likeness (QED) is 0.781. The van der Waals surface area contributed by atoms with Gasteiger partial charge in [-0.1, -0.05) is 0 Å². The summed E-state index contributed by atoms with van der Waals surface area (Å²) in [5, 5.41) is 0. The molecule has 1 saturated heterocycles. The van der Waals surface area contributed by atoms with Gasteiger partial charge in [0, 0.05) is 20.2 Å². The predicted molar refractivity (Wildman–Crippen MR) is 64.1 cm³/mol. The van der Waals surface area contributed by atoms with Gasteiger partial charge in [-0.05, 0) is 45.6 Å². The number of carbonyl (C=O) groups is 1. The molecule has 0 bridgehead atoms. The molecule has 1 rings (SSSR count). The van der Waals surface area contributed by atoms with Crippen LogP contribution in [0.5, 0.6) is 0 Å². The molecule has 4 heteroatoms. The van der Waals surface area contributed by atoms with Crippen LogP contribution < -0.4 is 5.73 Å². The number of nitrogens with zero attached hydrogens (tertiary/aromatic N) is 1. The Morgan fingerprint density at radius 3 is 2.81 bits per heavy atom. The molecule has 0 aliphatic carbocycles. The van der Waals surface area contributed by atoms with Crippen LogP contribution in [-0.2, 0) is 9.53 Å². The molecule has 1 fully saturated rings. The maximum atomic E-state index is 12.2. The first-order valence-corrected chi connectivity index (χ1v) is 6.06. The molecule has 1 unspecified atom stereocenters. The minimum atomic E-state index is -0.704. The zero-order valence-corrected chi connectivity index (χ0v) is 10.7. The number of hydrogen-bond acceptors (Lipinski definition) is 3. The summed E-state index contributed by atoms with van der Waals surface area (Å²) >= 11 is 0. The van der Waals surface area contributed by atoms with Crippen molar-refractivity contribution in [1.29, 1.82) is 0 Å². The highest BCUT2D eigenvalue weighted by Gasteiger charge is 2.34. The molecule has 1 amide bonds. The average molecular weight is 228 g/mol. The van der Waals surface area contributed by atoms with Crippen molar-refractivity contribution in [1.82, 2.24) is 4.90 Å². The van der Waals surface area contributed by atoms with Gasteiger partial charge in [0.2, 0.25) is 0 Å². The van der Waals surface area contributed by atoms with Gasteiger partial charge in [0.05, 0.1) is 0 Å². The maximum Gasteiger partial charge on any atom is 0.254 e. The first-order chi connectivity index (χ1) is 7.51. The minimum absolute atomic E-state index is 0.0942. The first kappa shape index (κ1) is 13.5. The fourth-order valence-corrected chi connectivity index (χ4v) is 2.19. The Morgan fingerprint density at radius 1 is 1.56 bits per heavy atom. The first-order valence-electron chi connectivity index (χ1n) is 6.06. The van der Waals surface area contributed by atoms with E-state index in [1.54, 1.807) is 7.11 Å². The van der Waals surface area contributed by atoms with Gasteiger partial charge in [-0.2, -0.15) is 0 Å². The molecule has 1 aliphatic heterocycles. The fraction of sp³-hybridized carbons (Fsp3) is 0.917. The SMILES string of the molecule is COC(C)(C)C(=O)N1CCCC(CCN)C1. The van der Waals surface area contributed by atoms with E-state index < -0.39 is 5.60 Å². The molecule has 0 spiro atoms. The molecule has 0 aromatic carbocycles. The van der Waals surface area contributed by atoms with Crippen molar-refractivity contribution in [3.63, 3.8) is 0 Å². The molecule has 1 atom stereocenters. The van der Waals surface area contributed by atoms with Gasteiger partial charge in [-0.3, -0.25) is 4.79 Å². The van der Waals surface area contributed by atoms with E-state index in [0.717, 1.165) is 25.9 Å². The number of rotatable bonds is 4. The molecule has 1 aliphatic rings. The van der Waals surface area contributed by atoms with Gasteiger partial charge >= 0.3 is 0 Å². The summed E-state index contributed by atoms with van der Waals surface area (Å²) in [6.07, 6.45) is 3.28. The van der Waals surface area contributed by atoms with E-state index in [0.29, 0.717) is 12.5 Å². The zero-order valence-electron chi connectivity index (χ0n) is 10.7. The van der Waals surface area contributed by atoms with E-state index in [4.69, 9.17) is 10.5 Å². The van der Waals surface area contributed by atoms with Crippen LogP contribution in [0.1, 0.15) is 33.1 Å². The summed E-state index contributed by atoms with van der Waals surface area (Å²) in [4.78, 5) is 14.1. The van der Waals surface area contributed by atoms with Gasteiger partial charge in [0.1, 0.15) is 5.60 Å². The number of ether oxygens (including phenoxy) is 1. The lowest BCUT2D eigenvalue weighted by atomic mass is 9.93. The van der Waals surface area contributed by atoms with Gasteiger partial charge in [-0.25, -0.2) is 0 Å². The summed E-state index contributed by atoms with van der Waals surface area (Å²) in [5.41, 5.74) is 4.86. The zero-order chi connectivity index (χ0) is 12.2. The fourth-order valence-electron chi connectivity index (χ4n) is 2.19. The summed E-state index contributed by atoms with van der Waals surface area (Å²) in [6.45, 7) is 6.04. The minimum Gasteiger partial charge on any atom is -0.369 e. The Kier molecular flexibility index (Phi) is 4.74. The molecule has 4 nitrogen and oxygen atoms in total. The van der Waals surface area contributed by atoms with Crippen molar-refractivity contribution in [3.8, 4) is 0 Å². The third-order valence-corrected chi connectivity index (χ3v) is 3.41. The molecule has 0 aromatic heterocycles. The number of amides is 1. The van der Waals surface area contributed by atoms with Crippen LogP contribution in [0.25, 0.3) is 0 Å². The van der Waals surface area contributed by atoms with Gasteiger partial charge < -0.3 is 15.4 Å².